The Labute approximate surface area is 221 Å². The summed E-state index contributed by atoms with van der Waals surface area (Å²) in [7, 11) is -17.8. The Kier molecular flexibility index (Phi) is 8.34. The lowest BCUT2D eigenvalue weighted by Gasteiger charge is -2.11. The standard InChI is InChI=1S/C19H18N2O14S4/c1-34-15-5-2-12(10-16(15)36(23,24)7-6-35-39(31,32)33)20-21-18-17(38(28,29)30)9-11-8-13(37(25,26)27)3-4-14(11)19(18)22/h2-5,8-10,22H,6-7H2,1H3,(H,25,26,27)(H,28,29,30)(H,31,32,33). The number of rotatable bonds is 10. The Hall–Kier alpha value is -3.24. The van der Waals surface area contributed by atoms with E-state index in [1.54, 1.807) is 0 Å². The topological polar surface area (TPSA) is 261 Å². The molecule has 3 aromatic rings. The third kappa shape index (κ3) is 7.24. The summed E-state index contributed by atoms with van der Waals surface area (Å²) in [6.07, 6.45) is 0. The number of azo groups is 1. The zero-order valence-corrected chi connectivity index (χ0v) is 22.6. The monoisotopic (exact) mass is 626 g/mol. The number of ether oxygens (including phenoxy) is 1. The molecule has 4 N–H and O–H groups in total. The van der Waals surface area contributed by atoms with Crippen molar-refractivity contribution in [2.75, 3.05) is 19.5 Å². The fraction of sp³-hybridized carbons (Fsp3) is 0.158. The third-order valence-corrected chi connectivity index (χ3v) is 8.80. The molecule has 0 bridgehead atoms. The van der Waals surface area contributed by atoms with Crippen LogP contribution in [0.15, 0.2) is 67.4 Å². The summed E-state index contributed by atoms with van der Waals surface area (Å²) >= 11 is 0. The zero-order valence-electron chi connectivity index (χ0n) is 19.4. The molecule has 0 radical (unpaired) electrons. The highest BCUT2D eigenvalue weighted by molar-refractivity contribution is 7.91. The second-order valence-corrected chi connectivity index (χ2v) is 13.5. The van der Waals surface area contributed by atoms with Crippen LogP contribution in [0, 0.1) is 0 Å². The Morgan fingerprint density at radius 3 is 2.03 bits per heavy atom. The van der Waals surface area contributed by atoms with E-state index in [2.05, 4.69) is 14.4 Å². The third-order valence-electron chi connectivity index (χ3n) is 4.93. The molecule has 0 amide bonds. The van der Waals surface area contributed by atoms with Crippen molar-refractivity contribution in [2.24, 2.45) is 10.2 Å². The van der Waals surface area contributed by atoms with Gasteiger partial charge in [0.25, 0.3) is 20.2 Å². The Bertz CT molecular complexity index is 1920. The number of methoxy groups -OCH3 is 1. The minimum atomic E-state index is -5.09. The van der Waals surface area contributed by atoms with E-state index in [-0.39, 0.29) is 22.2 Å². The van der Waals surface area contributed by atoms with Crippen LogP contribution >= 0.6 is 0 Å². The molecule has 0 aliphatic rings. The van der Waals surface area contributed by atoms with E-state index < -0.39 is 79.0 Å². The van der Waals surface area contributed by atoms with Gasteiger partial charge in [-0.25, -0.2) is 12.6 Å². The van der Waals surface area contributed by atoms with Crippen molar-refractivity contribution < 1.29 is 61.4 Å². The predicted octanol–water partition coefficient (Wildman–Crippen LogP) is 2.06. The van der Waals surface area contributed by atoms with Gasteiger partial charge >= 0.3 is 10.4 Å². The quantitative estimate of drug-likeness (QED) is 0.185. The van der Waals surface area contributed by atoms with Gasteiger partial charge in [0.05, 0.1) is 30.1 Å². The maximum absolute atomic E-state index is 12.7. The van der Waals surface area contributed by atoms with E-state index in [0.29, 0.717) is 0 Å². The summed E-state index contributed by atoms with van der Waals surface area (Å²) in [5, 5.41) is 17.6. The van der Waals surface area contributed by atoms with Crippen LogP contribution in [-0.4, -0.2) is 71.9 Å². The number of sulfone groups is 1. The number of hydrogen-bond acceptors (Lipinski definition) is 13. The van der Waals surface area contributed by atoms with E-state index in [1.165, 1.54) is 6.07 Å². The van der Waals surface area contributed by atoms with Gasteiger partial charge < -0.3 is 9.84 Å². The van der Waals surface area contributed by atoms with E-state index in [1.807, 2.05) is 0 Å². The molecule has 3 rings (SSSR count). The summed E-state index contributed by atoms with van der Waals surface area (Å²) < 4.78 is 130. The largest absolute Gasteiger partial charge is 0.505 e. The second-order valence-electron chi connectivity index (χ2n) is 7.51. The number of phenols is 1. The first-order valence-electron chi connectivity index (χ1n) is 10.0. The number of hydrogen-bond donors (Lipinski definition) is 4. The van der Waals surface area contributed by atoms with Gasteiger partial charge in [-0.3, -0.25) is 13.7 Å². The Balaban J connectivity index is 2.12. The maximum atomic E-state index is 12.7. The summed E-state index contributed by atoms with van der Waals surface area (Å²) in [4.78, 5) is -2.12. The lowest BCUT2D eigenvalue weighted by atomic mass is 10.1. The van der Waals surface area contributed by atoms with Crippen molar-refractivity contribution in [1.82, 2.24) is 0 Å². The SMILES string of the molecule is COc1ccc(N=Nc2c(S(=O)(=O)O)cc3cc(S(=O)(=O)O)ccc3c2O)cc1S(=O)(=O)CCOS(=O)(=O)O. The first-order chi connectivity index (χ1) is 17.8. The molecule has 0 atom stereocenters. The first kappa shape index (κ1) is 30.3. The fourth-order valence-electron chi connectivity index (χ4n) is 3.22. The molecule has 16 nitrogen and oxygen atoms in total. The maximum Gasteiger partial charge on any atom is 0.397 e. The minimum Gasteiger partial charge on any atom is -0.505 e. The number of fused-ring (bicyclic) bond motifs is 1. The average molecular weight is 627 g/mol. The van der Waals surface area contributed by atoms with Crippen molar-refractivity contribution in [2.45, 2.75) is 14.7 Å². The first-order valence-corrected chi connectivity index (χ1v) is 15.9. The van der Waals surface area contributed by atoms with Gasteiger partial charge in [0, 0.05) is 5.39 Å². The second kappa shape index (κ2) is 10.7. The van der Waals surface area contributed by atoms with Gasteiger partial charge in [-0.2, -0.15) is 30.4 Å². The minimum absolute atomic E-state index is 0.138. The highest BCUT2D eigenvalue weighted by atomic mass is 32.3. The van der Waals surface area contributed by atoms with Gasteiger partial charge in [0.2, 0.25) is 0 Å². The Morgan fingerprint density at radius 2 is 1.46 bits per heavy atom. The average Bonchev–Trinajstić information content (AvgIpc) is 2.80. The van der Waals surface area contributed by atoms with Crippen LogP contribution in [0.25, 0.3) is 10.8 Å². The van der Waals surface area contributed by atoms with Crippen molar-refractivity contribution >= 4 is 62.6 Å². The number of phenolic OH excluding ortho intramolecular Hbond substituents is 1. The lowest BCUT2D eigenvalue weighted by Crippen LogP contribution is -2.16. The molecule has 0 aliphatic heterocycles. The normalized spacial score (nSPS) is 13.2. The molecular formula is C19H18N2O14S4. The van der Waals surface area contributed by atoms with E-state index in [4.69, 9.17) is 9.29 Å². The number of aromatic hydroxyl groups is 1. The molecule has 3 aromatic carbocycles. The van der Waals surface area contributed by atoms with Crippen LogP contribution < -0.4 is 4.74 Å². The van der Waals surface area contributed by atoms with Crippen LogP contribution in [0.4, 0.5) is 11.4 Å². The molecule has 0 aliphatic carbocycles. The van der Waals surface area contributed by atoms with Crippen molar-refractivity contribution in [1.29, 1.82) is 0 Å². The predicted molar refractivity (Wildman–Crippen MR) is 132 cm³/mol. The fourth-order valence-corrected chi connectivity index (χ4v) is 6.07. The van der Waals surface area contributed by atoms with Crippen molar-refractivity contribution in [3.05, 3.63) is 42.5 Å². The van der Waals surface area contributed by atoms with Gasteiger partial charge in [-0.15, -0.1) is 5.11 Å². The zero-order chi connectivity index (χ0) is 29.4. The Morgan fingerprint density at radius 1 is 0.795 bits per heavy atom. The number of benzene rings is 3. The van der Waals surface area contributed by atoms with Gasteiger partial charge in [-0.1, -0.05) is 0 Å². The lowest BCUT2D eigenvalue weighted by molar-refractivity contribution is 0.284. The summed E-state index contributed by atoms with van der Waals surface area (Å²) in [5.41, 5.74) is -1.01. The molecule has 0 aromatic heterocycles. The van der Waals surface area contributed by atoms with Crippen LogP contribution in [0.5, 0.6) is 11.5 Å². The van der Waals surface area contributed by atoms with Crippen LogP contribution in [0.2, 0.25) is 0 Å². The van der Waals surface area contributed by atoms with Crippen LogP contribution in [-0.2, 0) is 44.7 Å². The summed E-state index contributed by atoms with van der Waals surface area (Å²) in [5.74, 6) is -1.95. The van der Waals surface area contributed by atoms with E-state index >= 15 is 0 Å². The van der Waals surface area contributed by atoms with E-state index in [9.17, 15) is 47.9 Å². The van der Waals surface area contributed by atoms with Crippen LogP contribution in [0.1, 0.15) is 0 Å². The van der Waals surface area contributed by atoms with Gasteiger partial charge in [-0.05, 0) is 47.9 Å². The van der Waals surface area contributed by atoms with Crippen molar-refractivity contribution in [3.8, 4) is 11.5 Å². The highest BCUT2D eigenvalue weighted by Crippen LogP contribution is 2.42. The molecule has 0 unspecified atom stereocenters. The summed E-state index contributed by atoms with van der Waals surface area (Å²) in [6.45, 7) is -0.932. The molecular weight excluding hydrogens is 608 g/mol. The molecule has 212 valence electrons. The molecule has 0 heterocycles. The van der Waals surface area contributed by atoms with Crippen molar-refractivity contribution in [3.63, 3.8) is 0 Å². The molecule has 0 spiro atoms. The van der Waals surface area contributed by atoms with Crippen LogP contribution in [0.3, 0.4) is 0 Å². The molecule has 0 fully saturated rings. The molecule has 20 heteroatoms. The van der Waals surface area contributed by atoms with E-state index in [0.717, 1.165) is 43.5 Å². The summed E-state index contributed by atoms with van der Waals surface area (Å²) in [6, 6.07) is 6.82. The molecule has 0 saturated carbocycles. The van der Waals surface area contributed by atoms with Gasteiger partial charge in [0.15, 0.2) is 15.6 Å². The highest BCUT2D eigenvalue weighted by Gasteiger charge is 2.24. The molecule has 0 saturated heterocycles. The number of nitrogens with zero attached hydrogens (tertiary/aromatic N) is 2. The van der Waals surface area contributed by atoms with Gasteiger partial charge in [0.1, 0.15) is 21.2 Å². The molecule has 39 heavy (non-hydrogen) atoms. The smallest absolute Gasteiger partial charge is 0.397 e.